The zero-order valence-corrected chi connectivity index (χ0v) is 18.0. The lowest BCUT2D eigenvalue weighted by Crippen LogP contribution is -2.45. The first kappa shape index (κ1) is 22.8. The quantitative estimate of drug-likeness (QED) is 0.333. The van der Waals surface area contributed by atoms with E-state index in [1.807, 2.05) is 0 Å². The fourth-order valence-corrected chi connectivity index (χ4v) is 4.05. The Morgan fingerprint density at radius 3 is 2.39 bits per heavy atom. The van der Waals surface area contributed by atoms with Crippen LogP contribution in [0.1, 0.15) is 53.2 Å². The van der Waals surface area contributed by atoms with Gasteiger partial charge >= 0.3 is 0 Å². The van der Waals surface area contributed by atoms with Gasteiger partial charge in [0.25, 0.3) is 5.91 Å². The first-order valence-electron chi connectivity index (χ1n) is 10.4. The number of carbonyl (C=O) groups excluding carboxylic acids is 2. The molecule has 7 nitrogen and oxygen atoms in total. The minimum Gasteiger partial charge on any atom is -0.384 e. The van der Waals surface area contributed by atoms with Crippen LogP contribution in [0.2, 0.25) is 5.02 Å². The van der Waals surface area contributed by atoms with Crippen LogP contribution in [0.5, 0.6) is 0 Å². The molecule has 0 saturated heterocycles. The van der Waals surface area contributed by atoms with E-state index in [0.29, 0.717) is 34.2 Å². The molecule has 0 heterocycles. The SMILES string of the molecule is N=C(N)c1cccc(C(=O)N[C@@H](C(=O)NC2CCC(CN)CC2)c2cccc(Cl)c2)c1. The average Bonchev–Trinajstić information content (AvgIpc) is 2.77. The molecule has 0 aromatic heterocycles. The third-order valence-electron chi connectivity index (χ3n) is 5.68. The number of amides is 2. The first-order valence-corrected chi connectivity index (χ1v) is 10.8. The molecule has 164 valence electrons. The smallest absolute Gasteiger partial charge is 0.252 e. The standard InChI is InChI=1S/C23H28ClN5O2/c24-18-6-2-3-15(12-18)20(23(31)28-19-9-7-14(13-25)8-10-19)29-22(30)17-5-1-4-16(11-17)21(26)27/h1-6,11-12,14,19-20H,7-10,13,25H2,(H3,26,27)(H,28,31)(H,29,30)/t14?,19?,20-/m1/s1. The van der Waals surface area contributed by atoms with Gasteiger partial charge in [-0.2, -0.15) is 0 Å². The number of amidine groups is 1. The first-order chi connectivity index (χ1) is 14.9. The van der Waals surface area contributed by atoms with Crippen LogP contribution in [-0.4, -0.2) is 30.2 Å². The largest absolute Gasteiger partial charge is 0.384 e. The maximum absolute atomic E-state index is 13.2. The van der Waals surface area contributed by atoms with Gasteiger partial charge in [-0.3, -0.25) is 15.0 Å². The van der Waals surface area contributed by atoms with Gasteiger partial charge in [0.1, 0.15) is 11.9 Å². The van der Waals surface area contributed by atoms with Gasteiger partial charge in [0.05, 0.1) is 0 Å². The van der Waals surface area contributed by atoms with E-state index >= 15 is 0 Å². The average molecular weight is 442 g/mol. The van der Waals surface area contributed by atoms with E-state index in [9.17, 15) is 9.59 Å². The molecule has 0 aliphatic heterocycles. The Balaban J connectivity index is 1.78. The predicted octanol–water partition coefficient (Wildman–Crippen LogP) is 2.73. The zero-order chi connectivity index (χ0) is 22.4. The van der Waals surface area contributed by atoms with Gasteiger partial charge in [0, 0.05) is 22.2 Å². The zero-order valence-electron chi connectivity index (χ0n) is 17.2. The molecule has 3 rings (SSSR count). The normalized spacial score (nSPS) is 19.3. The van der Waals surface area contributed by atoms with Crippen molar-refractivity contribution in [1.29, 1.82) is 5.41 Å². The fourth-order valence-electron chi connectivity index (χ4n) is 3.86. The fraction of sp³-hybridized carbons (Fsp3) is 0.348. The summed E-state index contributed by atoms with van der Waals surface area (Å²) < 4.78 is 0. The lowest BCUT2D eigenvalue weighted by atomic mass is 9.86. The van der Waals surface area contributed by atoms with Crippen molar-refractivity contribution in [2.75, 3.05) is 6.54 Å². The van der Waals surface area contributed by atoms with Crippen molar-refractivity contribution < 1.29 is 9.59 Å². The third kappa shape index (κ3) is 6.06. The van der Waals surface area contributed by atoms with E-state index in [2.05, 4.69) is 10.6 Å². The van der Waals surface area contributed by atoms with Crippen LogP contribution >= 0.6 is 11.6 Å². The summed E-state index contributed by atoms with van der Waals surface area (Å²) in [5.74, 6) is -0.346. The highest BCUT2D eigenvalue weighted by Crippen LogP contribution is 2.25. The molecule has 1 aliphatic carbocycles. The molecular formula is C23H28ClN5O2. The summed E-state index contributed by atoms with van der Waals surface area (Å²) in [6.07, 6.45) is 3.69. The van der Waals surface area contributed by atoms with Crippen LogP contribution < -0.4 is 22.1 Å². The Kier molecular flexibility index (Phi) is 7.65. The second-order valence-corrected chi connectivity index (χ2v) is 8.35. The molecule has 8 heteroatoms. The number of halogens is 1. The Morgan fingerprint density at radius 2 is 1.74 bits per heavy atom. The van der Waals surface area contributed by atoms with Gasteiger partial charge in [0.2, 0.25) is 5.91 Å². The van der Waals surface area contributed by atoms with E-state index in [0.717, 1.165) is 25.7 Å². The van der Waals surface area contributed by atoms with Crippen molar-refractivity contribution in [3.8, 4) is 0 Å². The molecule has 31 heavy (non-hydrogen) atoms. The van der Waals surface area contributed by atoms with E-state index in [-0.39, 0.29) is 17.8 Å². The Morgan fingerprint density at radius 1 is 1.06 bits per heavy atom. The molecule has 2 aromatic rings. The van der Waals surface area contributed by atoms with E-state index in [1.165, 1.54) is 6.07 Å². The topological polar surface area (TPSA) is 134 Å². The summed E-state index contributed by atoms with van der Waals surface area (Å²) >= 11 is 6.13. The molecule has 1 saturated carbocycles. The Labute approximate surface area is 187 Å². The highest BCUT2D eigenvalue weighted by atomic mass is 35.5. The number of hydrogen-bond donors (Lipinski definition) is 5. The molecule has 0 radical (unpaired) electrons. The predicted molar refractivity (Wildman–Crippen MR) is 122 cm³/mol. The monoisotopic (exact) mass is 441 g/mol. The van der Waals surface area contributed by atoms with Crippen molar-refractivity contribution in [1.82, 2.24) is 10.6 Å². The number of rotatable bonds is 7. The van der Waals surface area contributed by atoms with Gasteiger partial charge in [-0.15, -0.1) is 0 Å². The number of benzene rings is 2. The number of hydrogen-bond acceptors (Lipinski definition) is 4. The summed E-state index contributed by atoms with van der Waals surface area (Å²) in [5, 5.41) is 13.9. The molecule has 7 N–H and O–H groups in total. The van der Waals surface area contributed by atoms with Crippen LogP contribution in [0.4, 0.5) is 0 Å². The number of nitrogens with one attached hydrogen (secondary N) is 3. The lowest BCUT2D eigenvalue weighted by Gasteiger charge is -2.30. The van der Waals surface area contributed by atoms with Crippen molar-refractivity contribution in [3.63, 3.8) is 0 Å². The summed E-state index contributed by atoms with van der Waals surface area (Å²) in [4.78, 5) is 26.1. The summed E-state index contributed by atoms with van der Waals surface area (Å²) in [6.45, 7) is 0.668. The van der Waals surface area contributed by atoms with Crippen molar-refractivity contribution in [2.24, 2.45) is 17.4 Å². The number of nitrogen functional groups attached to an aromatic ring is 1. The molecule has 2 aromatic carbocycles. The minimum absolute atomic E-state index is 0.0509. The number of nitrogens with two attached hydrogens (primary N) is 2. The summed E-state index contributed by atoms with van der Waals surface area (Å²) in [7, 11) is 0. The van der Waals surface area contributed by atoms with Crippen LogP contribution in [0.3, 0.4) is 0 Å². The van der Waals surface area contributed by atoms with Gasteiger partial charge < -0.3 is 22.1 Å². The van der Waals surface area contributed by atoms with Crippen molar-refractivity contribution >= 4 is 29.3 Å². The molecule has 0 bridgehead atoms. The van der Waals surface area contributed by atoms with Gasteiger partial charge in [0.15, 0.2) is 0 Å². The Hall–Kier alpha value is -2.90. The Bertz CT molecular complexity index is 956. The minimum atomic E-state index is -0.903. The molecule has 2 amide bonds. The van der Waals surface area contributed by atoms with Crippen LogP contribution in [-0.2, 0) is 4.79 Å². The highest BCUT2D eigenvalue weighted by molar-refractivity contribution is 6.30. The molecule has 0 unspecified atom stereocenters. The van der Waals surface area contributed by atoms with Gasteiger partial charge in [-0.1, -0.05) is 35.9 Å². The third-order valence-corrected chi connectivity index (χ3v) is 5.92. The molecule has 1 fully saturated rings. The van der Waals surface area contributed by atoms with E-state index < -0.39 is 11.9 Å². The number of carbonyl (C=O) groups is 2. The second kappa shape index (κ2) is 10.4. The van der Waals surface area contributed by atoms with Crippen LogP contribution in [0, 0.1) is 11.3 Å². The summed E-state index contributed by atoms with van der Waals surface area (Å²) in [6, 6.07) is 12.5. The van der Waals surface area contributed by atoms with Crippen molar-refractivity contribution in [3.05, 3.63) is 70.2 Å². The van der Waals surface area contributed by atoms with Crippen LogP contribution in [0.25, 0.3) is 0 Å². The second-order valence-electron chi connectivity index (χ2n) is 7.92. The van der Waals surface area contributed by atoms with Crippen LogP contribution in [0.15, 0.2) is 48.5 Å². The molecule has 1 aliphatic rings. The molecule has 1 atom stereocenters. The maximum atomic E-state index is 13.2. The van der Waals surface area contributed by atoms with Gasteiger partial charge in [-0.05, 0) is 68.0 Å². The molecular weight excluding hydrogens is 414 g/mol. The summed E-state index contributed by atoms with van der Waals surface area (Å²) in [5.41, 5.74) is 12.6. The molecule has 0 spiro atoms. The lowest BCUT2D eigenvalue weighted by molar-refractivity contribution is -0.124. The van der Waals surface area contributed by atoms with Crippen molar-refractivity contribution in [2.45, 2.75) is 37.8 Å². The maximum Gasteiger partial charge on any atom is 0.252 e. The highest BCUT2D eigenvalue weighted by Gasteiger charge is 2.28. The van der Waals surface area contributed by atoms with Gasteiger partial charge in [-0.25, -0.2) is 0 Å². The van der Waals surface area contributed by atoms with E-state index in [4.69, 9.17) is 28.5 Å². The van der Waals surface area contributed by atoms with E-state index in [1.54, 1.807) is 42.5 Å².